The summed E-state index contributed by atoms with van der Waals surface area (Å²) in [7, 11) is 0. The molecule has 0 N–H and O–H groups in total. The lowest BCUT2D eigenvalue weighted by molar-refractivity contribution is 1.11. The maximum atomic E-state index is 6.61. The van der Waals surface area contributed by atoms with Crippen LogP contribution in [0, 0.1) is 0 Å². The normalized spacial score (nSPS) is 12.4. The van der Waals surface area contributed by atoms with E-state index >= 15 is 0 Å². The Morgan fingerprint density at radius 2 is 0.978 bits per heavy atom. The van der Waals surface area contributed by atoms with Crippen LogP contribution in [0.5, 0.6) is 0 Å². The zero-order chi connectivity index (χ0) is 30.7. The van der Waals surface area contributed by atoms with Gasteiger partial charge in [-0.1, -0.05) is 151 Å². The van der Waals surface area contributed by atoms with Crippen LogP contribution in [0.4, 0.5) is 17.1 Å². The Labute approximate surface area is 273 Å². The molecule has 0 amide bonds. The monoisotopic (exact) mass is 624 g/mol. The molecule has 1 aliphatic heterocycles. The number of rotatable bonds is 5. The first kappa shape index (κ1) is 27.1. The van der Waals surface area contributed by atoms with Crippen LogP contribution >= 0.6 is 6.04 Å². The number of fused-ring (bicyclic) bond motifs is 5. The number of para-hydroxylation sites is 3. The van der Waals surface area contributed by atoms with Crippen molar-refractivity contribution in [2.24, 2.45) is 0 Å². The number of anilines is 3. The lowest BCUT2D eigenvalue weighted by Crippen LogP contribution is -2.24. The Hall–Kier alpha value is -5.21. The second-order valence-corrected chi connectivity index (χ2v) is 16.1. The third kappa shape index (κ3) is 4.06. The maximum Gasteiger partial charge on any atom is 0.0783 e. The molecule has 0 bridgehead atoms. The van der Waals surface area contributed by atoms with Gasteiger partial charge in [0.15, 0.2) is 0 Å². The van der Waals surface area contributed by atoms with Gasteiger partial charge in [0, 0.05) is 22.5 Å². The first-order chi connectivity index (χ1) is 22.7. The van der Waals surface area contributed by atoms with E-state index in [0.29, 0.717) is 0 Å². The predicted molar refractivity (Wildman–Crippen MR) is 201 cm³/mol. The molecule has 0 spiro atoms. The van der Waals surface area contributed by atoms with Gasteiger partial charge < -0.3 is 9.47 Å². The minimum Gasteiger partial charge on any atom is -0.306 e. The molecule has 9 rings (SSSR count). The maximum absolute atomic E-state index is 6.61. The lowest BCUT2D eigenvalue weighted by atomic mass is 10.0. The topological polar surface area (TPSA) is 8.17 Å². The van der Waals surface area contributed by atoms with Crippen LogP contribution in [0.3, 0.4) is 0 Å². The highest BCUT2D eigenvalue weighted by molar-refractivity contribution is 8.25. The number of benzene rings is 7. The SMILES string of the molecule is S=P(c1ccccc1)(c1ccccc1)c1ccc(-c2ccc3c(c2)N(c2ccccc2)c2cccc4c5ccccc5n-3c24)cc1. The van der Waals surface area contributed by atoms with Gasteiger partial charge in [0.05, 0.1) is 28.1 Å². The van der Waals surface area contributed by atoms with Gasteiger partial charge in [-0.3, -0.25) is 0 Å². The molecule has 8 aromatic rings. The third-order valence-electron chi connectivity index (χ3n) is 9.19. The second-order valence-electron chi connectivity index (χ2n) is 11.7. The highest BCUT2D eigenvalue weighted by Crippen LogP contribution is 2.50. The second kappa shape index (κ2) is 10.7. The standard InChI is InChI=1S/C42H29N2PS/c46-45(33-15-6-2-7-16-33,34-17-8-3-9-18-34)35-26-23-30(24-27-35)31-25-28-39-41(29-31)43(32-13-4-1-5-14-32)40-22-12-20-37-36-19-10-11-21-38(36)44(39)42(37)40/h1-29H. The predicted octanol–water partition coefficient (Wildman–Crippen LogP) is 9.99. The van der Waals surface area contributed by atoms with Crippen molar-refractivity contribution in [1.82, 2.24) is 4.57 Å². The van der Waals surface area contributed by atoms with Gasteiger partial charge >= 0.3 is 0 Å². The van der Waals surface area contributed by atoms with Crippen molar-refractivity contribution in [3.63, 3.8) is 0 Å². The van der Waals surface area contributed by atoms with Crippen LogP contribution in [-0.2, 0) is 11.8 Å². The summed E-state index contributed by atoms with van der Waals surface area (Å²) < 4.78 is 2.44. The fourth-order valence-electron chi connectivity index (χ4n) is 7.07. The molecule has 0 unspecified atom stereocenters. The van der Waals surface area contributed by atoms with Gasteiger partial charge in [0.2, 0.25) is 0 Å². The van der Waals surface area contributed by atoms with Crippen LogP contribution in [-0.4, -0.2) is 4.57 Å². The van der Waals surface area contributed by atoms with Crippen molar-refractivity contribution in [3.05, 3.63) is 176 Å². The van der Waals surface area contributed by atoms with E-state index in [-0.39, 0.29) is 0 Å². The summed E-state index contributed by atoms with van der Waals surface area (Å²) in [6, 6.07) is 61.0. The summed E-state index contributed by atoms with van der Waals surface area (Å²) >= 11 is 6.61. The number of nitrogens with zero attached hydrogens (tertiary/aromatic N) is 2. The lowest BCUT2D eigenvalue weighted by Gasteiger charge is -2.33. The van der Waals surface area contributed by atoms with E-state index in [2.05, 4.69) is 185 Å². The molecular weight excluding hydrogens is 596 g/mol. The summed E-state index contributed by atoms with van der Waals surface area (Å²) in [6.07, 6.45) is 0. The van der Waals surface area contributed by atoms with Gasteiger partial charge in [-0.15, -0.1) is 0 Å². The molecule has 2 heterocycles. The molecule has 1 aromatic heterocycles. The summed E-state index contributed by atoms with van der Waals surface area (Å²) in [6.45, 7) is 0. The largest absolute Gasteiger partial charge is 0.306 e. The van der Waals surface area contributed by atoms with Crippen molar-refractivity contribution in [1.29, 1.82) is 0 Å². The Morgan fingerprint density at radius 3 is 1.67 bits per heavy atom. The zero-order valence-corrected chi connectivity index (χ0v) is 26.7. The summed E-state index contributed by atoms with van der Waals surface area (Å²) in [5.41, 5.74) is 9.48. The van der Waals surface area contributed by atoms with E-state index in [1.807, 2.05) is 0 Å². The Morgan fingerprint density at radius 1 is 0.413 bits per heavy atom. The Kier molecular flexibility index (Phi) is 6.31. The summed E-state index contributed by atoms with van der Waals surface area (Å²) in [5, 5.41) is 6.15. The molecule has 46 heavy (non-hydrogen) atoms. The molecule has 0 saturated heterocycles. The molecule has 7 aromatic carbocycles. The fraction of sp³-hybridized carbons (Fsp3) is 0. The van der Waals surface area contributed by atoms with E-state index in [1.165, 1.54) is 60.2 Å². The zero-order valence-electron chi connectivity index (χ0n) is 25.0. The van der Waals surface area contributed by atoms with E-state index in [0.717, 1.165) is 11.4 Å². The Bertz CT molecular complexity index is 2390. The minimum absolute atomic E-state index is 1.15. The first-order valence-electron chi connectivity index (χ1n) is 15.6. The van der Waals surface area contributed by atoms with Crippen LogP contribution in [0.15, 0.2) is 176 Å². The van der Waals surface area contributed by atoms with Gasteiger partial charge in [-0.2, -0.15) is 0 Å². The average molecular weight is 625 g/mol. The molecular formula is C42H29N2PS. The van der Waals surface area contributed by atoms with Crippen LogP contribution in [0.25, 0.3) is 38.6 Å². The molecule has 4 heteroatoms. The molecule has 218 valence electrons. The first-order valence-corrected chi connectivity index (χ1v) is 18.4. The van der Waals surface area contributed by atoms with Crippen molar-refractivity contribution >= 4 is 72.6 Å². The molecule has 0 radical (unpaired) electrons. The Balaban J connectivity index is 1.22. The number of hydrogen-bond acceptors (Lipinski definition) is 2. The highest BCUT2D eigenvalue weighted by atomic mass is 32.4. The van der Waals surface area contributed by atoms with E-state index in [4.69, 9.17) is 11.8 Å². The fourth-order valence-corrected chi connectivity index (χ4v) is 10.8. The molecule has 0 fully saturated rings. The van der Waals surface area contributed by atoms with Crippen molar-refractivity contribution < 1.29 is 0 Å². The van der Waals surface area contributed by atoms with Crippen molar-refractivity contribution in [2.75, 3.05) is 4.90 Å². The van der Waals surface area contributed by atoms with Gasteiger partial charge in [0.25, 0.3) is 0 Å². The molecule has 0 atom stereocenters. The molecule has 0 aliphatic carbocycles. The smallest absolute Gasteiger partial charge is 0.0783 e. The average Bonchev–Trinajstić information content (AvgIpc) is 3.48. The molecule has 2 nitrogen and oxygen atoms in total. The highest BCUT2D eigenvalue weighted by Gasteiger charge is 2.29. The van der Waals surface area contributed by atoms with E-state index in [9.17, 15) is 0 Å². The molecule has 0 saturated carbocycles. The summed E-state index contributed by atoms with van der Waals surface area (Å²) in [5.74, 6) is 0. The van der Waals surface area contributed by atoms with Gasteiger partial charge in [-0.25, -0.2) is 0 Å². The van der Waals surface area contributed by atoms with Crippen molar-refractivity contribution in [2.45, 2.75) is 0 Å². The van der Waals surface area contributed by atoms with Crippen LogP contribution < -0.4 is 20.8 Å². The van der Waals surface area contributed by atoms with Crippen LogP contribution in [0.1, 0.15) is 0 Å². The van der Waals surface area contributed by atoms with Gasteiger partial charge in [0.1, 0.15) is 0 Å². The van der Waals surface area contributed by atoms with Crippen LogP contribution in [0.2, 0.25) is 0 Å². The number of hydrogen-bond donors (Lipinski definition) is 0. The van der Waals surface area contributed by atoms with E-state index < -0.39 is 6.04 Å². The minimum atomic E-state index is -2.21. The number of aromatic nitrogens is 1. The summed E-state index contributed by atoms with van der Waals surface area (Å²) in [4.78, 5) is 2.42. The quantitative estimate of drug-likeness (QED) is 0.176. The van der Waals surface area contributed by atoms with Gasteiger partial charge in [-0.05, 0) is 63.4 Å². The van der Waals surface area contributed by atoms with Crippen molar-refractivity contribution in [3.8, 4) is 16.8 Å². The van der Waals surface area contributed by atoms with E-state index in [1.54, 1.807) is 0 Å². The third-order valence-corrected chi connectivity index (χ3v) is 14.2. The molecule has 1 aliphatic rings.